The molecule has 2 atom stereocenters. The van der Waals surface area contributed by atoms with Gasteiger partial charge in [0.2, 0.25) is 5.82 Å². The monoisotopic (exact) mass is 375 g/mol. The van der Waals surface area contributed by atoms with Crippen molar-refractivity contribution in [2.75, 3.05) is 26.2 Å². The minimum Gasteiger partial charge on any atom is -0.335 e. The van der Waals surface area contributed by atoms with E-state index in [-0.39, 0.29) is 18.3 Å². The summed E-state index contributed by atoms with van der Waals surface area (Å²) in [5.74, 6) is 2.55. The van der Waals surface area contributed by atoms with Gasteiger partial charge in [-0.1, -0.05) is 32.0 Å². The van der Waals surface area contributed by atoms with Gasteiger partial charge in [-0.2, -0.15) is 0 Å². The fourth-order valence-corrected chi connectivity index (χ4v) is 4.04. The number of amides is 1. The predicted molar refractivity (Wildman–Crippen MR) is 103 cm³/mol. The van der Waals surface area contributed by atoms with Crippen LogP contribution in [0.3, 0.4) is 0 Å². The highest BCUT2D eigenvalue weighted by atomic mass is 35.5. The molecule has 0 saturated carbocycles. The standard InChI is InChI=1S/C19H25N5O.ClH/c1-12(2)16-6-4-5-7-17(16)24-13(3)21-18(22-24)19(25)23-10-14-8-20-9-15(14)11-23;/h4-7,12,14-15,20H,8-11H2,1-3H3;1H/t14-,15+;. The molecule has 1 aromatic heterocycles. The Morgan fingerprint density at radius 2 is 1.85 bits per heavy atom. The first-order chi connectivity index (χ1) is 12.0. The van der Waals surface area contributed by atoms with E-state index in [1.54, 1.807) is 4.68 Å². The molecule has 0 unspecified atom stereocenters. The highest BCUT2D eigenvalue weighted by molar-refractivity contribution is 5.90. The highest BCUT2D eigenvalue weighted by Gasteiger charge is 2.39. The molecule has 140 valence electrons. The van der Waals surface area contributed by atoms with Crippen LogP contribution in [0.4, 0.5) is 0 Å². The van der Waals surface area contributed by atoms with Gasteiger partial charge in [-0.3, -0.25) is 4.79 Å². The third-order valence-electron chi connectivity index (χ3n) is 5.42. The third-order valence-corrected chi connectivity index (χ3v) is 5.42. The maximum absolute atomic E-state index is 12.9. The Bertz CT molecular complexity index is 791. The molecule has 6 nitrogen and oxygen atoms in total. The summed E-state index contributed by atoms with van der Waals surface area (Å²) in [6, 6.07) is 8.18. The number of likely N-dealkylation sites (tertiary alicyclic amines) is 1. The van der Waals surface area contributed by atoms with Crippen molar-refractivity contribution in [1.82, 2.24) is 25.0 Å². The Hall–Kier alpha value is -1.92. The van der Waals surface area contributed by atoms with E-state index in [0.717, 1.165) is 37.7 Å². The Labute approximate surface area is 160 Å². The zero-order valence-corrected chi connectivity index (χ0v) is 16.3. The van der Waals surface area contributed by atoms with Crippen molar-refractivity contribution in [2.24, 2.45) is 11.8 Å². The van der Waals surface area contributed by atoms with E-state index in [9.17, 15) is 4.79 Å². The SMILES string of the molecule is Cc1nc(C(=O)N2C[C@H]3CNC[C@H]3C2)nn1-c1ccccc1C(C)C.Cl. The Balaban J connectivity index is 0.00000196. The lowest BCUT2D eigenvalue weighted by atomic mass is 10.0. The van der Waals surface area contributed by atoms with E-state index in [2.05, 4.69) is 35.3 Å². The summed E-state index contributed by atoms with van der Waals surface area (Å²) < 4.78 is 1.81. The van der Waals surface area contributed by atoms with Gasteiger partial charge >= 0.3 is 0 Å². The summed E-state index contributed by atoms with van der Waals surface area (Å²) in [5.41, 5.74) is 2.21. The van der Waals surface area contributed by atoms with Crippen molar-refractivity contribution in [3.63, 3.8) is 0 Å². The number of carbonyl (C=O) groups is 1. The lowest BCUT2D eigenvalue weighted by molar-refractivity contribution is 0.0769. The van der Waals surface area contributed by atoms with Crippen molar-refractivity contribution in [2.45, 2.75) is 26.7 Å². The van der Waals surface area contributed by atoms with Crippen LogP contribution in [-0.4, -0.2) is 51.8 Å². The molecule has 7 heteroatoms. The van der Waals surface area contributed by atoms with Gasteiger partial charge in [0.15, 0.2) is 0 Å². The molecule has 3 heterocycles. The minimum atomic E-state index is -0.0433. The van der Waals surface area contributed by atoms with Crippen LogP contribution in [0, 0.1) is 18.8 Å². The normalized spacial score (nSPS) is 21.8. The molecular weight excluding hydrogens is 350 g/mol. The second kappa shape index (κ2) is 7.37. The first-order valence-corrected chi connectivity index (χ1v) is 9.07. The Morgan fingerprint density at radius 1 is 1.19 bits per heavy atom. The molecule has 0 bridgehead atoms. The smallest absolute Gasteiger partial charge is 0.293 e. The Morgan fingerprint density at radius 3 is 2.50 bits per heavy atom. The van der Waals surface area contributed by atoms with Gasteiger partial charge in [0, 0.05) is 26.2 Å². The second-order valence-corrected chi connectivity index (χ2v) is 7.50. The first-order valence-electron chi connectivity index (χ1n) is 9.07. The molecule has 2 fully saturated rings. The van der Waals surface area contributed by atoms with E-state index >= 15 is 0 Å². The average Bonchev–Trinajstić information content (AvgIpc) is 3.28. The molecule has 1 N–H and O–H groups in total. The number of hydrogen-bond acceptors (Lipinski definition) is 4. The summed E-state index contributed by atoms with van der Waals surface area (Å²) in [6.07, 6.45) is 0. The van der Waals surface area contributed by atoms with Crippen LogP contribution < -0.4 is 5.32 Å². The number of aromatic nitrogens is 3. The van der Waals surface area contributed by atoms with Crippen LogP contribution in [-0.2, 0) is 0 Å². The molecular formula is C19H26ClN5O. The zero-order chi connectivity index (χ0) is 17.6. The van der Waals surface area contributed by atoms with Crippen LogP contribution in [0.15, 0.2) is 24.3 Å². The average molecular weight is 376 g/mol. The first kappa shape index (κ1) is 18.9. The maximum Gasteiger partial charge on any atom is 0.293 e. The molecule has 2 aliphatic rings. The van der Waals surface area contributed by atoms with Gasteiger partial charge in [0.05, 0.1) is 5.69 Å². The number of aryl methyl sites for hydroxylation is 1. The molecule has 0 aliphatic carbocycles. The third kappa shape index (κ3) is 3.23. The number of nitrogens with zero attached hydrogens (tertiary/aromatic N) is 4. The molecule has 0 radical (unpaired) electrons. The van der Waals surface area contributed by atoms with E-state index in [4.69, 9.17) is 0 Å². The fourth-order valence-electron chi connectivity index (χ4n) is 4.04. The molecule has 4 rings (SSSR count). The number of rotatable bonds is 3. The quantitative estimate of drug-likeness (QED) is 0.894. The van der Waals surface area contributed by atoms with Crippen LogP contribution in [0.5, 0.6) is 0 Å². The lowest BCUT2D eigenvalue weighted by Crippen LogP contribution is -2.32. The van der Waals surface area contributed by atoms with E-state index in [0.29, 0.717) is 23.6 Å². The molecule has 2 aromatic rings. The van der Waals surface area contributed by atoms with Gasteiger partial charge < -0.3 is 10.2 Å². The molecule has 26 heavy (non-hydrogen) atoms. The summed E-state index contributed by atoms with van der Waals surface area (Å²) in [4.78, 5) is 19.3. The number of para-hydroxylation sites is 1. The predicted octanol–water partition coefficient (Wildman–Crippen LogP) is 2.41. The van der Waals surface area contributed by atoms with Gasteiger partial charge in [0.1, 0.15) is 5.82 Å². The molecule has 0 spiro atoms. The fraction of sp³-hybridized carbons (Fsp3) is 0.526. The number of nitrogens with one attached hydrogen (secondary N) is 1. The Kier molecular flexibility index (Phi) is 5.34. The van der Waals surface area contributed by atoms with E-state index in [1.807, 2.05) is 30.0 Å². The van der Waals surface area contributed by atoms with Gasteiger partial charge in [0.25, 0.3) is 5.91 Å². The van der Waals surface area contributed by atoms with Crippen molar-refractivity contribution < 1.29 is 4.79 Å². The topological polar surface area (TPSA) is 63.1 Å². The summed E-state index contributed by atoms with van der Waals surface area (Å²) in [6.45, 7) is 9.87. The number of benzene rings is 1. The van der Waals surface area contributed by atoms with Gasteiger partial charge in [-0.15, -0.1) is 17.5 Å². The van der Waals surface area contributed by atoms with Gasteiger partial charge in [-0.25, -0.2) is 9.67 Å². The maximum atomic E-state index is 12.9. The summed E-state index contributed by atoms with van der Waals surface area (Å²) >= 11 is 0. The summed E-state index contributed by atoms with van der Waals surface area (Å²) in [7, 11) is 0. The molecule has 1 amide bonds. The number of fused-ring (bicyclic) bond motifs is 1. The minimum absolute atomic E-state index is 0. The lowest BCUT2D eigenvalue weighted by Gasteiger charge is -2.15. The van der Waals surface area contributed by atoms with Crippen LogP contribution in [0.25, 0.3) is 5.69 Å². The van der Waals surface area contributed by atoms with E-state index in [1.165, 1.54) is 5.56 Å². The van der Waals surface area contributed by atoms with Crippen molar-refractivity contribution in [3.8, 4) is 5.69 Å². The zero-order valence-electron chi connectivity index (χ0n) is 15.5. The van der Waals surface area contributed by atoms with Crippen LogP contribution in [0.1, 0.15) is 41.8 Å². The number of halogens is 1. The van der Waals surface area contributed by atoms with E-state index < -0.39 is 0 Å². The largest absolute Gasteiger partial charge is 0.335 e. The van der Waals surface area contributed by atoms with Crippen molar-refractivity contribution in [3.05, 3.63) is 41.5 Å². The molecule has 2 saturated heterocycles. The number of hydrogen-bond donors (Lipinski definition) is 1. The number of carbonyl (C=O) groups excluding carboxylic acids is 1. The highest BCUT2D eigenvalue weighted by Crippen LogP contribution is 2.27. The van der Waals surface area contributed by atoms with Crippen LogP contribution in [0.2, 0.25) is 0 Å². The van der Waals surface area contributed by atoms with Gasteiger partial charge in [-0.05, 0) is 36.3 Å². The van der Waals surface area contributed by atoms with Crippen molar-refractivity contribution in [1.29, 1.82) is 0 Å². The van der Waals surface area contributed by atoms with Crippen LogP contribution >= 0.6 is 12.4 Å². The second-order valence-electron chi connectivity index (χ2n) is 7.50. The molecule has 2 aliphatic heterocycles. The van der Waals surface area contributed by atoms with Crippen molar-refractivity contribution >= 4 is 18.3 Å². The molecule has 1 aromatic carbocycles. The summed E-state index contributed by atoms with van der Waals surface area (Å²) in [5, 5.41) is 7.96.